The van der Waals surface area contributed by atoms with Gasteiger partial charge in [0.05, 0.1) is 0 Å². The van der Waals surface area contributed by atoms with Crippen LogP contribution in [0.2, 0.25) is 12.1 Å². The summed E-state index contributed by atoms with van der Waals surface area (Å²) in [5.41, 5.74) is 0.210. The third-order valence-corrected chi connectivity index (χ3v) is 10.5. The Morgan fingerprint density at radius 3 is 1.52 bits per heavy atom. The SMILES string of the molecule is CCC[Si](=[Zr+2])CC.[Cl-].[Cl-].c1ccc2[cH-]ccc2c1.c1ccc2[cH-]ccc2c1. The zero-order chi connectivity index (χ0) is 17.9. The van der Waals surface area contributed by atoms with Gasteiger partial charge in [-0.1, -0.05) is 12.1 Å². The van der Waals surface area contributed by atoms with Gasteiger partial charge in [0.25, 0.3) is 0 Å². The maximum absolute atomic E-state index is 2.32. The summed E-state index contributed by atoms with van der Waals surface area (Å²) >= 11 is 1.82. The monoisotopic (exact) mass is 490 g/mol. The normalized spacial score (nSPS) is 9.19. The zero-order valence-electron chi connectivity index (χ0n) is 16.0. The Morgan fingerprint density at radius 1 is 0.741 bits per heavy atom. The van der Waals surface area contributed by atoms with Crippen molar-refractivity contribution in [3.8, 4) is 0 Å². The summed E-state index contributed by atoms with van der Waals surface area (Å²) < 4.78 is 0. The summed E-state index contributed by atoms with van der Waals surface area (Å²) in [5.74, 6) is 0. The van der Waals surface area contributed by atoms with Crippen LogP contribution in [-0.4, -0.2) is 5.43 Å². The average Bonchev–Trinajstić information content (AvgIpc) is 3.32. The van der Waals surface area contributed by atoms with E-state index in [-0.39, 0.29) is 30.2 Å². The molecule has 27 heavy (non-hydrogen) atoms. The standard InChI is InChI=1S/2C9H7.C5H12Si.2ClH.Zr/c2*1-2-5-9-7-3-6-8(9)4-1;1-3-5-6-4-2;;;/h2*1-7H;3-5H2,1-2H3;2*1H;/q2*-1;;;;+2/p-2. The van der Waals surface area contributed by atoms with Gasteiger partial charge in [-0.15, -0.1) is 59.3 Å². The molecule has 0 saturated carbocycles. The van der Waals surface area contributed by atoms with E-state index in [1.807, 2.05) is 23.3 Å². The van der Waals surface area contributed by atoms with Crippen molar-refractivity contribution >= 4 is 27.0 Å². The van der Waals surface area contributed by atoms with Crippen molar-refractivity contribution in [3.63, 3.8) is 0 Å². The Balaban J connectivity index is 0.000000367. The van der Waals surface area contributed by atoms with Crippen LogP contribution in [0.5, 0.6) is 0 Å². The molecular formula is C23H26Cl2SiZr-2. The first-order valence-corrected chi connectivity index (χ1v) is 14.6. The van der Waals surface area contributed by atoms with Gasteiger partial charge in [0.1, 0.15) is 0 Å². The molecule has 4 aromatic carbocycles. The minimum absolute atomic E-state index is 0. The van der Waals surface area contributed by atoms with Crippen LogP contribution in [0.25, 0.3) is 21.5 Å². The minimum atomic E-state index is 0. The van der Waals surface area contributed by atoms with E-state index in [1.54, 1.807) is 6.04 Å². The Labute approximate surface area is 191 Å². The van der Waals surface area contributed by atoms with Crippen LogP contribution < -0.4 is 24.8 Å². The van der Waals surface area contributed by atoms with Crippen molar-refractivity contribution < 1.29 is 48.1 Å². The van der Waals surface area contributed by atoms with E-state index in [9.17, 15) is 0 Å². The Morgan fingerprint density at radius 2 is 1.19 bits per heavy atom. The fourth-order valence-electron chi connectivity index (χ4n) is 2.62. The van der Waals surface area contributed by atoms with Crippen LogP contribution in [0.15, 0.2) is 84.9 Å². The smallest absolute Gasteiger partial charge is 0.0809 e. The van der Waals surface area contributed by atoms with E-state index in [4.69, 9.17) is 0 Å². The summed E-state index contributed by atoms with van der Waals surface area (Å²) in [6.07, 6.45) is 1.41. The Kier molecular flexibility index (Phi) is 14.9. The predicted molar refractivity (Wildman–Crippen MR) is 110 cm³/mol. The van der Waals surface area contributed by atoms with Gasteiger partial charge in [0.2, 0.25) is 0 Å². The van der Waals surface area contributed by atoms with E-state index < -0.39 is 0 Å². The predicted octanol–water partition coefficient (Wildman–Crippen LogP) is 1.08. The molecule has 0 fully saturated rings. The second kappa shape index (κ2) is 15.3. The second-order valence-electron chi connectivity index (χ2n) is 6.02. The molecule has 0 amide bonds. The second-order valence-corrected chi connectivity index (χ2v) is 13.6. The van der Waals surface area contributed by atoms with Gasteiger partial charge in [0, 0.05) is 0 Å². The fourth-order valence-corrected chi connectivity index (χ4v) is 5.42. The zero-order valence-corrected chi connectivity index (χ0v) is 20.9. The van der Waals surface area contributed by atoms with E-state index in [0.29, 0.717) is 0 Å². The number of benzene rings is 2. The molecule has 0 saturated heterocycles. The summed E-state index contributed by atoms with van der Waals surface area (Å²) in [5, 5.41) is 5.32. The van der Waals surface area contributed by atoms with Crippen molar-refractivity contribution in [2.45, 2.75) is 32.4 Å². The maximum atomic E-state index is 2.32. The van der Waals surface area contributed by atoms with Crippen LogP contribution in [-0.2, 0) is 23.3 Å². The number of hydrogen-bond donors (Lipinski definition) is 0. The number of fused-ring (bicyclic) bond motifs is 2. The molecule has 0 aromatic heterocycles. The number of halogens is 2. The molecule has 0 N–H and O–H groups in total. The molecule has 0 nitrogen and oxygen atoms in total. The van der Waals surface area contributed by atoms with Crippen LogP contribution in [0.3, 0.4) is 0 Å². The maximum Gasteiger partial charge on any atom is -0.0809 e. The summed E-state index contributed by atoms with van der Waals surface area (Å²) in [6.45, 7) is 4.60. The van der Waals surface area contributed by atoms with Gasteiger partial charge >= 0.3 is 61.1 Å². The molecule has 4 rings (SSSR count). The number of rotatable bonds is 3. The van der Waals surface area contributed by atoms with Crippen LogP contribution in [0.1, 0.15) is 20.3 Å². The molecule has 0 heterocycles. The van der Waals surface area contributed by atoms with Crippen molar-refractivity contribution in [1.82, 2.24) is 0 Å². The van der Waals surface area contributed by atoms with Crippen molar-refractivity contribution in [3.05, 3.63) is 84.9 Å². The van der Waals surface area contributed by atoms with Gasteiger partial charge in [-0.25, -0.2) is 0 Å². The first kappa shape index (κ1) is 26.3. The first-order valence-electron chi connectivity index (χ1n) is 9.01. The van der Waals surface area contributed by atoms with Gasteiger partial charge in [-0.05, 0) is 0 Å². The van der Waals surface area contributed by atoms with Gasteiger partial charge in [-0.3, -0.25) is 0 Å². The minimum Gasteiger partial charge on any atom is -1.00 e. The summed E-state index contributed by atoms with van der Waals surface area (Å²) in [7, 11) is 0. The molecule has 0 spiro atoms. The summed E-state index contributed by atoms with van der Waals surface area (Å²) in [6, 6.07) is 32.4. The van der Waals surface area contributed by atoms with E-state index >= 15 is 0 Å². The molecule has 0 aliphatic heterocycles. The van der Waals surface area contributed by atoms with Gasteiger partial charge in [0.15, 0.2) is 0 Å². The van der Waals surface area contributed by atoms with Crippen molar-refractivity contribution in [2.24, 2.45) is 0 Å². The van der Waals surface area contributed by atoms with Crippen molar-refractivity contribution in [2.75, 3.05) is 0 Å². The molecular weight excluding hydrogens is 466 g/mol. The molecule has 0 radical (unpaired) electrons. The third kappa shape index (κ3) is 9.39. The topological polar surface area (TPSA) is 0 Å². The van der Waals surface area contributed by atoms with E-state index in [2.05, 4.69) is 98.8 Å². The molecule has 0 unspecified atom stereocenters. The van der Waals surface area contributed by atoms with Crippen LogP contribution >= 0.6 is 0 Å². The fraction of sp³-hybridized carbons (Fsp3) is 0.217. The quantitative estimate of drug-likeness (QED) is 0.297. The molecule has 0 atom stereocenters. The number of hydrogen-bond acceptors (Lipinski definition) is 0. The Hall–Kier alpha value is -0.660. The summed E-state index contributed by atoms with van der Waals surface area (Å²) in [4.78, 5) is 0. The largest absolute Gasteiger partial charge is 1.00 e. The molecule has 142 valence electrons. The van der Waals surface area contributed by atoms with Crippen LogP contribution in [0.4, 0.5) is 0 Å². The first-order chi connectivity index (χ1) is 12.2. The van der Waals surface area contributed by atoms with Crippen molar-refractivity contribution in [1.29, 1.82) is 0 Å². The molecule has 0 aliphatic carbocycles. The third-order valence-electron chi connectivity index (χ3n) is 4.07. The van der Waals surface area contributed by atoms with Gasteiger partial charge in [-0.2, -0.15) is 35.0 Å². The molecule has 4 aromatic rings. The average molecular weight is 493 g/mol. The van der Waals surface area contributed by atoms with Crippen LogP contribution in [0, 0.1) is 0 Å². The van der Waals surface area contributed by atoms with E-state index in [0.717, 1.165) is 0 Å². The molecule has 0 bridgehead atoms. The van der Waals surface area contributed by atoms with Gasteiger partial charge < -0.3 is 24.8 Å². The molecule has 0 aliphatic rings. The van der Waals surface area contributed by atoms with E-state index in [1.165, 1.54) is 34.0 Å². The molecule has 4 heteroatoms. The Bertz CT molecular complexity index is 769.